The molecule has 0 spiro atoms. The molecule has 0 saturated carbocycles. The molecule has 0 atom stereocenters. The highest BCUT2D eigenvalue weighted by molar-refractivity contribution is 5.91. The van der Waals surface area contributed by atoms with Crippen LogP contribution in [0.15, 0.2) is 42.7 Å². The van der Waals surface area contributed by atoms with Crippen LogP contribution in [0.1, 0.15) is 12.0 Å². The van der Waals surface area contributed by atoms with Crippen LogP contribution in [-0.2, 0) is 11.3 Å². The van der Waals surface area contributed by atoms with Gasteiger partial charge in [0, 0.05) is 43.7 Å². The summed E-state index contributed by atoms with van der Waals surface area (Å²) in [4.78, 5) is 26.0. The first-order valence-corrected chi connectivity index (χ1v) is 6.99. The van der Waals surface area contributed by atoms with Crippen molar-refractivity contribution >= 4 is 23.0 Å². The zero-order chi connectivity index (χ0) is 16.7. The predicted molar refractivity (Wildman–Crippen MR) is 86.7 cm³/mol. The van der Waals surface area contributed by atoms with Crippen molar-refractivity contribution in [2.24, 2.45) is 0 Å². The summed E-state index contributed by atoms with van der Waals surface area (Å²) in [6.45, 7) is 1.10. The largest absolute Gasteiger partial charge is 0.393 e. The van der Waals surface area contributed by atoms with Gasteiger partial charge in [-0.3, -0.25) is 19.9 Å². The molecule has 0 radical (unpaired) electrons. The summed E-state index contributed by atoms with van der Waals surface area (Å²) in [5.41, 5.74) is 6.72. The molecule has 0 bridgehead atoms. The molecule has 1 amide bonds. The fourth-order valence-corrected chi connectivity index (χ4v) is 1.94. The molecule has 120 valence electrons. The van der Waals surface area contributed by atoms with Gasteiger partial charge in [0.15, 0.2) is 0 Å². The number of nitro benzene ring substituents is 1. The highest BCUT2D eigenvalue weighted by Crippen LogP contribution is 2.24. The summed E-state index contributed by atoms with van der Waals surface area (Å²) < 4.78 is 0. The van der Waals surface area contributed by atoms with Crippen molar-refractivity contribution in [2.75, 3.05) is 17.6 Å². The van der Waals surface area contributed by atoms with E-state index in [2.05, 4.69) is 15.6 Å². The standard InChI is InChI=1S/C15H17N5O3/c16-13-4-3-12(8-14(13)20(22)23)19-15(21)5-7-18-10-11-2-1-6-17-9-11/h1-4,6,8-9,18H,5,7,10,16H2,(H,19,21). The van der Waals surface area contributed by atoms with E-state index in [4.69, 9.17) is 5.73 Å². The van der Waals surface area contributed by atoms with Gasteiger partial charge in [0.2, 0.25) is 5.91 Å². The van der Waals surface area contributed by atoms with Crippen LogP contribution in [0.5, 0.6) is 0 Å². The Morgan fingerprint density at radius 2 is 2.17 bits per heavy atom. The topological polar surface area (TPSA) is 123 Å². The van der Waals surface area contributed by atoms with E-state index in [-0.39, 0.29) is 23.7 Å². The lowest BCUT2D eigenvalue weighted by Gasteiger charge is -2.07. The van der Waals surface area contributed by atoms with Crippen LogP contribution in [0.4, 0.5) is 17.1 Å². The first-order valence-electron chi connectivity index (χ1n) is 6.99. The molecule has 1 aromatic carbocycles. The van der Waals surface area contributed by atoms with Crippen LogP contribution in [0.25, 0.3) is 0 Å². The fraction of sp³-hybridized carbons (Fsp3) is 0.200. The Hall–Kier alpha value is -3.00. The number of rotatable bonds is 7. The average molecular weight is 315 g/mol. The van der Waals surface area contributed by atoms with Gasteiger partial charge in [0.1, 0.15) is 5.69 Å². The molecule has 1 heterocycles. The van der Waals surface area contributed by atoms with Crippen molar-refractivity contribution in [3.8, 4) is 0 Å². The highest BCUT2D eigenvalue weighted by atomic mass is 16.6. The normalized spacial score (nSPS) is 10.3. The molecule has 0 fully saturated rings. The molecule has 2 aromatic rings. The smallest absolute Gasteiger partial charge is 0.294 e. The molecule has 0 unspecified atom stereocenters. The van der Waals surface area contributed by atoms with Crippen molar-refractivity contribution in [3.05, 3.63) is 58.4 Å². The van der Waals surface area contributed by atoms with E-state index in [0.29, 0.717) is 18.8 Å². The molecular weight excluding hydrogens is 298 g/mol. The molecule has 4 N–H and O–H groups in total. The lowest BCUT2D eigenvalue weighted by molar-refractivity contribution is -0.383. The summed E-state index contributed by atoms with van der Waals surface area (Å²) in [6.07, 6.45) is 3.70. The monoisotopic (exact) mass is 315 g/mol. The van der Waals surface area contributed by atoms with Gasteiger partial charge in [-0.05, 0) is 23.8 Å². The number of pyridine rings is 1. The maximum Gasteiger partial charge on any atom is 0.294 e. The van der Waals surface area contributed by atoms with E-state index in [1.807, 2.05) is 12.1 Å². The van der Waals surface area contributed by atoms with Gasteiger partial charge in [-0.1, -0.05) is 6.07 Å². The number of carbonyl (C=O) groups is 1. The summed E-state index contributed by atoms with van der Waals surface area (Å²) in [5.74, 6) is -0.234. The second kappa shape index (κ2) is 7.85. The predicted octanol–water partition coefficient (Wildman–Crippen LogP) is 1.69. The van der Waals surface area contributed by atoms with E-state index in [1.165, 1.54) is 18.2 Å². The minimum absolute atomic E-state index is 0.0612. The van der Waals surface area contributed by atoms with Gasteiger partial charge in [-0.2, -0.15) is 0 Å². The lowest BCUT2D eigenvalue weighted by Crippen LogP contribution is -2.21. The molecule has 8 heteroatoms. The Morgan fingerprint density at radius 3 is 2.87 bits per heavy atom. The first kappa shape index (κ1) is 16.4. The van der Waals surface area contributed by atoms with Crippen molar-refractivity contribution in [2.45, 2.75) is 13.0 Å². The number of nitrogens with one attached hydrogen (secondary N) is 2. The number of nitrogens with two attached hydrogens (primary N) is 1. The maximum atomic E-state index is 11.8. The molecule has 0 aliphatic heterocycles. The Labute approximate surface area is 132 Å². The van der Waals surface area contributed by atoms with E-state index in [9.17, 15) is 14.9 Å². The molecule has 1 aromatic heterocycles. The molecule has 0 saturated heterocycles. The van der Waals surface area contributed by atoms with Crippen LogP contribution in [0.3, 0.4) is 0 Å². The van der Waals surface area contributed by atoms with Crippen molar-refractivity contribution in [1.82, 2.24) is 10.3 Å². The Balaban J connectivity index is 1.79. The summed E-state index contributed by atoms with van der Waals surface area (Å²) >= 11 is 0. The van der Waals surface area contributed by atoms with Crippen molar-refractivity contribution in [1.29, 1.82) is 0 Å². The molecule has 2 rings (SSSR count). The zero-order valence-corrected chi connectivity index (χ0v) is 12.4. The minimum Gasteiger partial charge on any atom is -0.393 e. The number of hydrogen-bond acceptors (Lipinski definition) is 6. The summed E-state index contributed by atoms with van der Waals surface area (Å²) in [5, 5.41) is 16.5. The van der Waals surface area contributed by atoms with Crippen LogP contribution in [0, 0.1) is 10.1 Å². The zero-order valence-electron chi connectivity index (χ0n) is 12.4. The number of carbonyl (C=O) groups excluding carboxylic acids is 1. The third-order valence-electron chi connectivity index (χ3n) is 3.09. The second-order valence-corrected chi connectivity index (χ2v) is 4.87. The Morgan fingerprint density at radius 1 is 1.35 bits per heavy atom. The Bertz CT molecular complexity index is 691. The molecular formula is C15H17N5O3. The number of nitro groups is 1. The van der Waals surface area contributed by atoms with E-state index >= 15 is 0 Å². The number of nitrogen functional groups attached to an aromatic ring is 1. The minimum atomic E-state index is -0.583. The number of hydrogen-bond donors (Lipinski definition) is 3. The van der Waals surface area contributed by atoms with Gasteiger partial charge in [-0.25, -0.2) is 0 Å². The maximum absolute atomic E-state index is 11.8. The third kappa shape index (κ3) is 5.04. The van der Waals surface area contributed by atoms with E-state index < -0.39 is 4.92 Å². The van der Waals surface area contributed by atoms with Gasteiger partial charge in [-0.15, -0.1) is 0 Å². The second-order valence-electron chi connectivity index (χ2n) is 4.87. The van der Waals surface area contributed by atoms with E-state index in [0.717, 1.165) is 5.56 Å². The van der Waals surface area contributed by atoms with Crippen LogP contribution in [-0.4, -0.2) is 22.4 Å². The molecule has 0 aliphatic rings. The number of benzene rings is 1. The molecule has 23 heavy (non-hydrogen) atoms. The van der Waals surface area contributed by atoms with Crippen molar-refractivity contribution < 1.29 is 9.72 Å². The average Bonchev–Trinajstić information content (AvgIpc) is 2.54. The quantitative estimate of drug-likeness (QED) is 0.309. The number of amides is 1. The van der Waals surface area contributed by atoms with E-state index in [1.54, 1.807) is 12.4 Å². The third-order valence-corrected chi connectivity index (χ3v) is 3.09. The number of nitrogens with zero attached hydrogens (tertiary/aromatic N) is 2. The number of aromatic nitrogens is 1. The van der Waals surface area contributed by atoms with Gasteiger partial charge in [0.05, 0.1) is 4.92 Å². The first-order chi connectivity index (χ1) is 11.1. The van der Waals surface area contributed by atoms with Gasteiger partial charge in [0.25, 0.3) is 5.69 Å². The van der Waals surface area contributed by atoms with Crippen LogP contribution >= 0.6 is 0 Å². The molecule has 0 aliphatic carbocycles. The van der Waals surface area contributed by atoms with Gasteiger partial charge < -0.3 is 16.4 Å². The molecule has 8 nitrogen and oxygen atoms in total. The van der Waals surface area contributed by atoms with Gasteiger partial charge >= 0.3 is 0 Å². The highest BCUT2D eigenvalue weighted by Gasteiger charge is 2.13. The summed E-state index contributed by atoms with van der Waals surface area (Å²) in [7, 11) is 0. The van der Waals surface area contributed by atoms with Crippen LogP contribution < -0.4 is 16.4 Å². The Kier molecular flexibility index (Phi) is 5.59. The van der Waals surface area contributed by atoms with Crippen LogP contribution in [0.2, 0.25) is 0 Å². The number of anilines is 2. The fourth-order valence-electron chi connectivity index (χ4n) is 1.94. The lowest BCUT2D eigenvalue weighted by atomic mass is 10.2. The van der Waals surface area contributed by atoms with Crippen molar-refractivity contribution in [3.63, 3.8) is 0 Å². The summed E-state index contributed by atoms with van der Waals surface area (Å²) in [6, 6.07) is 7.96. The SMILES string of the molecule is Nc1ccc(NC(=O)CCNCc2cccnc2)cc1[N+](=O)[O-].